The summed E-state index contributed by atoms with van der Waals surface area (Å²) in [5.41, 5.74) is 2.94. The number of halogens is 1. The summed E-state index contributed by atoms with van der Waals surface area (Å²) in [5, 5.41) is 10.0. The van der Waals surface area contributed by atoms with E-state index in [1.54, 1.807) is 12.1 Å². The molecule has 19 heavy (non-hydrogen) atoms. The van der Waals surface area contributed by atoms with Crippen LogP contribution in [0.4, 0.5) is 4.39 Å². The number of hydrogen-bond acceptors (Lipinski definition) is 1. The van der Waals surface area contributed by atoms with Crippen LogP contribution in [0.5, 0.6) is 0 Å². The van der Waals surface area contributed by atoms with E-state index in [0.29, 0.717) is 6.54 Å². The van der Waals surface area contributed by atoms with Crippen LogP contribution in [0.15, 0.2) is 36.7 Å². The van der Waals surface area contributed by atoms with Crippen molar-refractivity contribution in [3.8, 4) is 0 Å². The van der Waals surface area contributed by atoms with E-state index in [0.717, 1.165) is 16.7 Å². The van der Waals surface area contributed by atoms with Crippen molar-refractivity contribution < 1.29 is 9.50 Å². The summed E-state index contributed by atoms with van der Waals surface area (Å²) in [5.74, 6) is -0.0260. The van der Waals surface area contributed by atoms with Gasteiger partial charge in [-0.05, 0) is 47.7 Å². The molecule has 1 aromatic heterocycles. The molecule has 1 N–H and O–H groups in total. The lowest BCUT2D eigenvalue weighted by atomic mass is 10.0. The van der Waals surface area contributed by atoms with E-state index in [9.17, 15) is 9.50 Å². The maximum Gasteiger partial charge on any atom is 0.123 e. The Kier molecular flexibility index (Phi) is 4.05. The molecule has 0 radical (unpaired) electrons. The van der Waals surface area contributed by atoms with Gasteiger partial charge in [0.2, 0.25) is 0 Å². The Hall–Kier alpha value is -1.61. The second-order valence-electron chi connectivity index (χ2n) is 5.38. The molecule has 0 amide bonds. The van der Waals surface area contributed by atoms with Crippen LogP contribution in [0.1, 0.15) is 36.6 Å². The van der Waals surface area contributed by atoms with Gasteiger partial charge in [0.25, 0.3) is 0 Å². The highest BCUT2D eigenvalue weighted by Gasteiger charge is 2.13. The maximum atomic E-state index is 13.2. The molecule has 0 fully saturated rings. The quantitative estimate of drug-likeness (QED) is 0.892. The number of aryl methyl sites for hydroxylation is 1. The second kappa shape index (κ2) is 5.57. The van der Waals surface area contributed by atoms with Crippen LogP contribution in [0.2, 0.25) is 0 Å². The molecule has 102 valence electrons. The first-order valence-corrected chi connectivity index (χ1v) is 6.56. The average Bonchev–Trinajstić information content (AvgIpc) is 2.81. The van der Waals surface area contributed by atoms with Gasteiger partial charge in [0.15, 0.2) is 0 Å². The van der Waals surface area contributed by atoms with Gasteiger partial charge in [-0.2, -0.15) is 0 Å². The lowest BCUT2D eigenvalue weighted by Crippen LogP contribution is -2.05. The predicted octanol–water partition coefficient (Wildman–Crippen LogP) is 3.67. The molecule has 0 bridgehead atoms. The maximum absolute atomic E-state index is 13.2. The van der Waals surface area contributed by atoms with E-state index in [2.05, 4.69) is 0 Å². The molecule has 1 atom stereocenters. The third-order valence-electron chi connectivity index (χ3n) is 3.41. The third kappa shape index (κ3) is 3.24. The zero-order valence-corrected chi connectivity index (χ0v) is 11.6. The Bertz CT molecular complexity index is 560. The Morgan fingerprint density at radius 3 is 2.68 bits per heavy atom. The van der Waals surface area contributed by atoms with Gasteiger partial charge in [-0.3, -0.25) is 0 Å². The van der Waals surface area contributed by atoms with E-state index in [-0.39, 0.29) is 11.7 Å². The molecular weight excluding hydrogens is 241 g/mol. The van der Waals surface area contributed by atoms with Crippen molar-refractivity contribution in [1.29, 1.82) is 0 Å². The van der Waals surface area contributed by atoms with Crippen LogP contribution >= 0.6 is 0 Å². The molecule has 1 aromatic carbocycles. The summed E-state index contributed by atoms with van der Waals surface area (Å²) >= 11 is 0. The van der Waals surface area contributed by atoms with Crippen molar-refractivity contribution in [2.75, 3.05) is 0 Å². The second-order valence-corrected chi connectivity index (χ2v) is 5.38. The summed E-state index contributed by atoms with van der Waals surface area (Å²) < 4.78 is 15.2. The average molecular weight is 261 g/mol. The largest absolute Gasteiger partial charge is 0.388 e. The fourth-order valence-electron chi connectivity index (χ4n) is 2.12. The van der Waals surface area contributed by atoms with Crippen molar-refractivity contribution in [3.05, 3.63) is 59.2 Å². The van der Waals surface area contributed by atoms with Gasteiger partial charge in [0.05, 0.1) is 6.10 Å². The minimum Gasteiger partial charge on any atom is -0.388 e. The highest BCUT2D eigenvalue weighted by molar-refractivity contribution is 5.27. The van der Waals surface area contributed by atoms with Crippen molar-refractivity contribution >= 4 is 0 Å². The summed E-state index contributed by atoms with van der Waals surface area (Å²) in [6, 6.07) is 6.74. The minimum atomic E-state index is -0.449. The number of rotatable bonds is 4. The van der Waals surface area contributed by atoms with Crippen molar-refractivity contribution in [2.45, 2.75) is 33.4 Å². The third-order valence-corrected chi connectivity index (χ3v) is 3.41. The SMILES string of the molecule is Cc1ccc(F)cc1Cn1ccc(C(O)C(C)C)c1. The molecule has 0 aliphatic carbocycles. The van der Waals surface area contributed by atoms with E-state index in [4.69, 9.17) is 0 Å². The summed E-state index contributed by atoms with van der Waals surface area (Å²) in [7, 11) is 0. The van der Waals surface area contributed by atoms with E-state index in [1.165, 1.54) is 6.07 Å². The summed E-state index contributed by atoms with van der Waals surface area (Å²) in [4.78, 5) is 0. The highest BCUT2D eigenvalue weighted by atomic mass is 19.1. The molecule has 2 rings (SSSR count). The van der Waals surface area contributed by atoms with Crippen molar-refractivity contribution in [1.82, 2.24) is 4.57 Å². The zero-order chi connectivity index (χ0) is 14.0. The normalized spacial score (nSPS) is 12.9. The molecule has 2 nitrogen and oxygen atoms in total. The Morgan fingerprint density at radius 1 is 1.26 bits per heavy atom. The van der Waals surface area contributed by atoms with Gasteiger partial charge in [-0.25, -0.2) is 4.39 Å². The molecule has 1 unspecified atom stereocenters. The van der Waals surface area contributed by atoms with E-state index < -0.39 is 6.10 Å². The molecule has 1 heterocycles. The highest BCUT2D eigenvalue weighted by Crippen LogP contribution is 2.22. The molecule has 0 aliphatic heterocycles. The van der Waals surface area contributed by atoms with Crippen LogP contribution in [0.25, 0.3) is 0 Å². The first-order chi connectivity index (χ1) is 8.97. The van der Waals surface area contributed by atoms with E-state index in [1.807, 2.05) is 43.8 Å². The number of aliphatic hydroxyl groups excluding tert-OH is 1. The van der Waals surface area contributed by atoms with Crippen LogP contribution < -0.4 is 0 Å². The van der Waals surface area contributed by atoms with Gasteiger partial charge < -0.3 is 9.67 Å². The smallest absolute Gasteiger partial charge is 0.123 e. The van der Waals surface area contributed by atoms with E-state index >= 15 is 0 Å². The van der Waals surface area contributed by atoms with Gasteiger partial charge >= 0.3 is 0 Å². The fourth-order valence-corrected chi connectivity index (χ4v) is 2.12. The Balaban J connectivity index is 2.18. The first-order valence-electron chi connectivity index (χ1n) is 6.56. The molecular formula is C16H20FNO. The Morgan fingerprint density at radius 2 is 2.00 bits per heavy atom. The molecule has 0 saturated carbocycles. The van der Waals surface area contributed by atoms with Crippen LogP contribution in [-0.4, -0.2) is 9.67 Å². The van der Waals surface area contributed by atoms with Crippen LogP contribution in [0.3, 0.4) is 0 Å². The van der Waals surface area contributed by atoms with Gasteiger partial charge in [0, 0.05) is 18.9 Å². The number of aromatic nitrogens is 1. The molecule has 0 spiro atoms. The monoisotopic (exact) mass is 261 g/mol. The lowest BCUT2D eigenvalue weighted by molar-refractivity contribution is 0.127. The van der Waals surface area contributed by atoms with Crippen molar-refractivity contribution in [2.24, 2.45) is 5.92 Å². The van der Waals surface area contributed by atoms with Gasteiger partial charge in [0.1, 0.15) is 5.82 Å². The lowest BCUT2D eigenvalue weighted by Gasteiger charge is -2.12. The summed E-state index contributed by atoms with van der Waals surface area (Å²) in [6.07, 6.45) is 3.40. The number of aliphatic hydroxyl groups is 1. The van der Waals surface area contributed by atoms with Crippen molar-refractivity contribution in [3.63, 3.8) is 0 Å². The molecule has 0 aliphatic rings. The zero-order valence-electron chi connectivity index (χ0n) is 11.6. The predicted molar refractivity (Wildman–Crippen MR) is 74.5 cm³/mol. The number of benzene rings is 1. The number of nitrogens with zero attached hydrogens (tertiary/aromatic N) is 1. The first kappa shape index (κ1) is 13.8. The molecule has 0 saturated heterocycles. The standard InChI is InChI=1S/C16H20FNO/c1-11(2)16(19)13-6-7-18(9-13)10-14-8-15(17)5-4-12(14)3/h4-9,11,16,19H,10H2,1-3H3. The van der Waals surface area contributed by atoms with Crippen LogP contribution in [0, 0.1) is 18.7 Å². The van der Waals surface area contributed by atoms with Gasteiger partial charge in [-0.15, -0.1) is 0 Å². The topological polar surface area (TPSA) is 25.2 Å². The molecule has 3 heteroatoms. The van der Waals surface area contributed by atoms with Crippen LogP contribution in [-0.2, 0) is 6.54 Å². The minimum absolute atomic E-state index is 0.187. The van der Waals surface area contributed by atoms with Gasteiger partial charge in [-0.1, -0.05) is 19.9 Å². The Labute approximate surface area is 113 Å². The summed E-state index contributed by atoms with van der Waals surface area (Å²) in [6.45, 7) is 6.56. The fraction of sp³-hybridized carbons (Fsp3) is 0.375. The number of hydrogen-bond donors (Lipinski definition) is 1. The molecule has 2 aromatic rings.